The van der Waals surface area contributed by atoms with Gasteiger partial charge in [-0.05, 0) is 5.56 Å². The molecule has 2 rings (SSSR count). The van der Waals surface area contributed by atoms with Gasteiger partial charge in [0, 0.05) is 20.5 Å². The van der Waals surface area contributed by atoms with E-state index in [4.69, 9.17) is 4.42 Å². The largest absolute Gasteiger partial charge is 0.436 e. The van der Waals surface area contributed by atoms with Crippen LogP contribution < -0.4 is 0 Å². The highest BCUT2D eigenvalue weighted by atomic mass is 16.4. The van der Waals surface area contributed by atoms with Gasteiger partial charge < -0.3 is 9.32 Å². The molecule has 1 aromatic carbocycles. The quantitative estimate of drug-likeness (QED) is 0.812. The van der Waals surface area contributed by atoms with Crippen LogP contribution in [0.4, 0.5) is 0 Å². The average molecular weight is 230 g/mol. The van der Waals surface area contributed by atoms with Crippen molar-refractivity contribution in [2.45, 2.75) is 13.5 Å². The van der Waals surface area contributed by atoms with Crippen LogP contribution in [0.1, 0.15) is 22.0 Å². The second kappa shape index (κ2) is 4.82. The number of carbonyl (C=O) groups excluding carboxylic acids is 1. The summed E-state index contributed by atoms with van der Waals surface area (Å²) in [7, 11) is 1.74. The molecule has 0 aliphatic heterocycles. The Balaban J connectivity index is 2.06. The van der Waals surface area contributed by atoms with E-state index >= 15 is 0 Å². The molecule has 1 heterocycles. The van der Waals surface area contributed by atoms with Gasteiger partial charge in [-0.3, -0.25) is 4.79 Å². The molecule has 0 unspecified atom stereocenters. The van der Waals surface area contributed by atoms with E-state index in [-0.39, 0.29) is 11.7 Å². The van der Waals surface area contributed by atoms with Crippen LogP contribution in [-0.2, 0) is 6.54 Å². The second-order valence-corrected chi connectivity index (χ2v) is 3.89. The van der Waals surface area contributed by atoms with Crippen LogP contribution in [0.5, 0.6) is 0 Å². The summed E-state index contributed by atoms with van der Waals surface area (Å²) < 4.78 is 5.20. The number of aromatic nitrogens is 1. The smallest absolute Gasteiger partial charge is 0.291 e. The number of carbonyl (C=O) groups is 1. The molecule has 4 nitrogen and oxygen atoms in total. The van der Waals surface area contributed by atoms with Gasteiger partial charge in [-0.15, -0.1) is 0 Å². The maximum Gasteiger partial charge on any atom is 0.291 e. The molecule has 0 N–H and O–H groups in total. The Labute approximate surface area is 99.9 Å². The molecule has 0 spiro atoms. The number of rotatable bonds is 3. The third kappa shape index (κ3) is 2.72. The number of hydrogen-bond donors (Lipinski definition) is 0. The summed E-state index contributed by atoms with van der Waals surface area (Å²) in [6, 6.07) is 9.81. The van der Waals surface area contributed by atoms with Crippen LogP contribution >= 0.6 is 0 Å². The van der Waals surface area contributed by atoms with E-state index in [1.165, 1.54) is 6.20 Å². The average Bonchev–Trinajstić information content (AvgIpc) is 2.76. The lowest BCUT2D eigenvalue weighted by molar-refractivity contribution is 0.0752. The molecular formula is C13H14N2O2. The summed E-state index contributed by atoms with van der Waals surface area (Å²) in [5, 5.41) is 0. The van der Waals surface area contributed by atoms with E-state index in [0.29, 0.717) is 12.4 Å². The van der Waals surface area contributed by atoms with Crippen molar-refractivity contribution in [3.8, 4) is 0 Å². The third-order valence-corrected chi connectivity index (χ3v) is 2.44. The van der Waals surface area contributed by atoms with E-state index in [1.54, 1.807) is 18.9 Å². The molecule has 0 radical (unpaired) electrons. The molecule has 0 aliphatic rings. The highest BCUT2D eigenvalue weighted by Gasteiger charge is 2.15. The predicted molar refractivity (Wildman–Crippen MR) is 63.5 cm³/mol. The minimum absolute atomic E-state index is 0.158. The van der Waals surface area contributed by atoms with Crippen molar-refractivity contribution in [3.05, 3.63) is 53.7 Å². The number of benzene rings is 1. The zero-order valence-corrected chi connectivity index (χ0v) is 9.88. The fourth-order valence-electron chi connectivity index (χ4n) is 1.58. The molecule has 17 heavy (non-hydrogen) atoms. The van der Waals surface area contributed by atoms with Gasteiger partial charge in [-0.1, -0.05) is 30.3 Å². The first-order valence-corrected chi connectivity index (χ1v) is 5.38. The number of hydrogen-bond acceptors (Lipinski definition) is 3. The van der Waals surface area contributed by atoms with Gasteiger partial charge in [-0.25, -0.2) is 4.98 Å². The highest BCUT2D eigenvalue weighted by molar-refractivity contribution is 5.90. The van der Waals surface area contributed by atoms with Crippen molar-refractivity contribution in [2.75, 3.05) is 7.05 Å². The Morgan fingerprint density at radius 3 is 2.65 bits per heavy atom. The molecule has 4 heteroatoms. The highest BCUT2D eigenvalue weighted by Crippen LogP contribution is 2.09. The van der Waals surface area contributed by atoms with E-state index in [9.17, 15) is 4.79 Å². The zero-order valence-electron chi connectivity index (χ0n) is 9.88. The van der Waals surface area contributed by atoms with Gasteiger partial charge in [0.1, 0.15) is 0 Å². The topological polar surface area (TPSA) is 46.3 Å². The Morgan fingerprint density at radius 1 is 1.35 bits per heavy atom. The fraction of sp³-hybridized carbons (Fsp3) is 0.231. The van der Waals surface area contributed by atoms with Gasteiger partial charge in [0.05, 0.1) is 6.20 Å². The lowest BCUT2D eigenvalue weighted by Crippen LogP contribution is -2.25. The fourth-order valence-corrected chi connectivity index (χ4v) is 1.58. The summed E-state index contributed by atoms with van der Waals surface area (Å²) in [6.07, 6.45) is 1.46. The molecule has 0 aliphatic carbocycles. The molecule has 1 amide bonds. The molecule has 1 aromatic heterocycles. The summed E-state index contributed by atoms with van der Waals surface area (Å²) in [6.45, 7) is 2.27. The van der Waals surface area contributed by atoms with Crippen molar-refractivity contribution in [1.82, 2.24) is 9.88 Å². The molecular weight excluding hydrogens is 216 g/mol. The Bertz CT molecular complexity index is 505. The first-order valence-electron chi connectivity index (χ1n) is 5.38. The normalized spacial score (nSPS) is 10.2. The zero-order chi connectivity index (χ0) is 12.3. The Hall–Kier alpha value is -2.10. The monoisotopic (exact) mass is 230 g/mol. The van der Waals surface area contributed by atoms with Crippen molar-refractivity contribution < 1.29 is 9.21 Å². The van der Waals surface area contributed by atoms with Crippen LogP contribution in [0.3, 0.4) is 0 Å². The molecule has 0 atom stereocenters. The van der Waals surface area contributed by atoms with Crippen LogP contribution in [0, 0.1) is 6.92 Å². The van der Waals surface area contributed by atoms with Gasteiger partial charge in [-0.2, -0.15) is 0 Å². The van der Waals surface area contributed by atoms with Crippen LogP contribution in [0.25, 0.3) is 0 Å². The Kier molecular flexibility index (Phi) is 3.23. The standard InChI is InChI=1S/C13H14N2O2/c1-10-14-8-12(17-10)13(16)15(2)9-11-6-4-3-5-7-11/h3-8H,9H2,1-2H3. The molecule has 88 valence electrons. The van der Waals surface area contributed by atoms with E-state index in [1.807, 2.05) is 30.3 Å². The van der Waals surface area contributed by atoms with Crippen molar-refractivity contribution in [3.63, 3.8) is 0 Å². The molecule has 2 aromatic rings. The van der Waals surface area contributed by atoms with Gasteiger partial charge in [0.15, 0.2) is 5.89 Å². The number of nitrogens with zero attached hydrogens (tertiary/aromatic N) is 2. The van der Waals surface area contributed by atoms with Crippen LogP contribution in [0.15, 0.2) is 40.9 Å². The Morgan fingerprint density at radius 2 is 2.06 bits per heavy atom. The number of amides is 1. The van der Waals surface area contributed by atoms with Crippen LogP contribution in [0.2, 0.25) is 0 Å². The van der Waals surface area contributed by atoms with Crippen molar-refractivity contribution in [1.29, 1.82) is 0 Å². The summed E-state index contributed by atoms with van der Waals surface area (Å²) >= 11 is 0. The molecule has 0 bridgehead atoms. The van der Waals surface area contributed by atoms with Crippen LogP contribution in [-0.4, -0.2) is 22.8 Å². The van der Waals surface area contributed by atoms with Gasteiger partial charge in [0.2, 0.25) is 5.76 Å². The number of aryl methyl sites for hydroxylation is 1. The van der Waals surface area contributed by atoms with Gasteiger partial charge >= 0.3 is 0 Å². The molecule has 0 saturated heterocycles. The summed E-state index contributed by atoms with van der Waals surface area (Å²) in [5.41, 5.74) is 1.08. The predicted octanol–water partition coefficient (Wildman–Crippen LogP) is 2.26. The minimum Gasteiger partial charge on any atom is -0.436 e. The SMILES string of the molecule is Cc1ncc(C(=O)N(C)Cc2ccccc2)o1. The van der Waals surface area contributed by atoms with E-state index in [0.717, 1.165) is 5.56 Å². The number of oxazole rings is 1. The van der Waals surface area contributed by atoms with Crippen molar-refractivity contribution in [2.24, 2.45) is 0 Å². The summed E-state index contributed by atoms with van der Waals surface area (Å²) in [5.74, 6) is 0.622. The first kappa shape index (κ1) is 11.4. The van der Waals surface area contributed by atoms with E-state index in [2.05, 4.69) is 4.98 Å². The van der Waals surface area contributed by atoms with Crippen molar-refractivity contribution >= 4 is 5.91 Å². The first-order chi connectivity index (χ1) is 8.16. The molecule has 0 saturated carbocycles. The minimum atomic E-state index is -0.158. The van der Waals surface area contributed by atoms with E-state index < -0.39 is 0 Å². The maximum absolute atomic E-state index is 12.0. The molecule has 0 fully saturated rings. The maximum atomic E-state index is 12.0. The summed E-state index contributed by atoms with van der Waals surface area (Å²) in [4.78, 5) is 17.5. The van der Waals surface area contributed by atoms with Gasteiger partial charge in [0.25, 0.3) is 5.91 Å². The lowest BCUT2D eigenvalue weighted by Gasteiger charge is -2.15. The second-order valence-electron chi connectivity index (χ2n) is 3.89. The lowest BCUT2D eigenvalue weighted by atomic mass is 10.2. The third-order valence-electron chi connectivity index (χ3n) is 2.44.